The second kappa shape index (κ2) is 4.44. The van der Waals surface area contributed by atoms with Crippen LogP contribution in [0.3, 0.4) is 0 Å². The molecule has 0 amide bonds. The Morgan fingerprint density at radius 2 is 2.06 bits per heavy atom. The molecule has 0 atom stereocenters. The molecule has 5 nitrogen and oxygen atoms in total. The molecule has 3 aromatic heterocycles. The van der Waals surface area contributed by atoms with Crippen LogP contribution in [-0.4, -0.2) is 19.7 Å². The van der Waals surface area contributed by atoms with Gasteiger partial charge >= 0.3 is 0 Å². The maximum Gasteiger partial charge on any atom is 0.274 e. The van der Waals surface area contributed by atoms with Crippen LogP contribution in [0.5, 0.6) is 0 Å². The molecular formula is C13H12N4O. The van der Waals surface area contributed by atoms with Crippen LogP contribution in [0.15, 0.2) is 47.4 Å². The second-order valence-electron chi connectivity index (χ2n) is 3.84. The van der Waals surface area contributed by atoms with E-state index in [1.165, 1.54) is 0 Å². The van der Waals surface area contributed by atoms with Crippen molar-refractivity contribution in [3.63, 3.8) is 0 Å². The van der Waals surface area contributed by atoms with Crippen LogP contribution in [0.2, 0.25) is 0 Å². The first-order chi connectivity index (χ1) is 8.88. The van der Waals surface area contributed by atoms with Crippen molar-refractivity contribution in [3.05, 3.63) is 42.9 Å². The van der Waals surface area contributed by atoms with Crippen molar-refractivity contribution in [2.45, 2.75) is 13.5 Å². The van der Waals surface area contributed by atoms with Gasteiger partial charge in [0, 0.05) is 30.7 Å². The van der Waals surface area contributed by atoms with Gasteiger partial charge in [-0.25, -0.2) is 0 Å². The van der Waals surface area contributed by atoms with E-state index in [1.54, 1.807) is 12.4 Å². The summed E-state index contributed by atoms with van der Waals surface area (Å²) in [5.74, 6) is 1.12. The van der Waals surface area contributed by atoms with E-state index in [9.17, 15) is 0 Å². The van der Waals surface area contributed by atoms with Gasteiger partial charge in [0.05, 0.1) is 0 Å². The Hall–Kier alpha value is -2.43. The number of rotatable bonds is 3. The zero-order valence-electron chi connectivity index (χ0n) is 9.95. The third-order valence-electron chi connectivity index (χ3n) is 2.75. The molecule has 3 heterocycles. The molecular weight excluding hydrogens is 228 g/mol. The minimum Gasteiger partial charge on any atom is -0.344 e. The summed E-state index contributed by atoms with van der Waals surface area (Å²) in [6, 6.07) is 7.64. The Morgan fingerprint density at radius 3 is 2.83 bits per heavy atom. The zero-order chi connectivity index (χ0) is 12.4. The van der Waals surface area contributed by atoms with Gasteiger partial charge in [-0.3, -0.25) is 4.98 Å². The molecule has 0 aliphatic rings. The molecule has 0 spiro atoms. The minimum atomic E-state index is 0.536. The third-order valence-corrected chi connectivity index (χ3v) is 2.75. The highest BCUT2D eigenvalue weighted by atomic mass is 16.5. The van der Waals surface area contributed by atoms with Crippen molar-refractivity contribution < 1.29 is 4.52 Å². The highest BCUT2D eigenvalue weighted by Crippen LogP contribution is 2.22. The molecule has 0 aliphatic heterocycles. The van der Waals surface area contributed by atoms with E-state index in [4.69, 9.17) is 4.52 Å². The van der Waals surface area contributed by atoms with Gasteiger partial charge in [0.25, 0.3) is 5.89 Å². The number of hydrogen-bond donors (Lipinski definition) is 0. The summed E-state index contributed by atoms with van der Waals surface area (Å²) < 4.78 is 7.36. The second-order valence-corrected chi connectivity index (χ2v) is 3.84. The number of hydrogen-bond acceptors (Lipinski definition) is 4. The first-order valence-corrected chi connectivity index (χ1v) is 5.78. The summed E-state index contributed by atoms with van der Waals surface area (Å²) in [6.07, 6.45) is 5.41. The lowest BCUT2D eigenvalue weighted by molar-refractivity contribution is 0.429. The summed E-state index contributed by atoms with van der Waals surface area (Å²) in [5, 5.41) is 3.99. The Morgan fingerprint density at radius 1 is 1.22 bits per heavy atom. The molecule has 0 N–H and O–H groups in total. The van der Waals surface area contributed by atoms with Crippen molar-refractivity contribution in [2.75, 3.05) is 0 Å². The zero-order valence-corrected chi connectivity index (χ0v) is 9.95. The Balaban J connectivity index is 2.00. The monoisotopic (exact) mass is 240 g/mol. The van der Waals surface area contributed by atoms with Gasteiger partial charge in [-0.2, -0.15) is 4.98 Å². The van der Waals surface area contributed by atoms with E-state index >= 15 is 0 Å². The molecule has 3 rings (SSSR count). The first kappa shape index (κ1) is 10.7. The SMILES string of the molecule is CCn1cccc1-c1nc(-c2ccncc2)no1. The van der Waals surface area contributed by atoms with Gasteiger partial charge in [0.15, 0.2) is 0 Å². The molecule has 0 saturated carbocycles. The maximum atomic E-state index is 5.30. The maximum absolute atomic E-state index is 5.30. The first-order valence-electron chi connectivity index (χ1n) is 5.78. The lowest BCUT2D eigenvalue weighted by Gasteiger charge is -2.00. The Labute approximate surface area is 104 Å². The van der Waals surface area contributed by atoms with E-state index < -0.39 is 0 Å². The number of aryl methyl sites for hydroxylation is 1. The molecule has 0 unspecified atom stereocenters. The molecule has 0 fully saturated rings. The van der Waals surface area contributed by atoms with Gasteiger partial charge in [-0.1, -0.05) is 5.16 Å². The van der Waals surface area contributed by atoms with Crippen molar-refractivity contribution >= 4 is 0 Å². The summed E-state index contributed by atoms with van der Waals surface area (Å²) in [5.41, 5.74) is 1.83. The fourth-order valence-electron chi connectivity index (χ4n) is 1.83. The van der Waals surface area contributed by atoms with E-state index in [2.05, 4.69) is 26.6 Å². The van der Waals surface area contributed by atoms with Crippen LogP contribution in [-0.2, 0) is 6.54 Å². The predicted octanol–water partition coefficient (Wildman–Crippen LogP) is 2.62. The average molecular weight is 240 g/mol. The lowest BCUT2D eigenvalue weighted by atomic mass is 10.2. The summed E-state index contributed by atoms with van der Waals surface area (Å²) in [7, 11) is 0. The van der Waals surface area contributed by atoms with E-state index in [1.807, 2.05) is 30.5 Å². The molecule has 18 heavy (non-hydrogen) atoms. The van der Waals surface area contributed by atoms with Crippen molar-refractivity contribution in [3.8, 4) is 23.0 Å². The largest absolute Gasteiger partial charge is 0.344 e. The molecule has 5 heteroatoms. The highest BCUT2D eigenvalue weighted by molar-refractivity contribution is 5.57. The van der Waals surface area contributed by atoms with Gasteiger partial charge in [0.1, 0.15) is 5.69 Å². The predicted molar refractivity (Wildman–Crippen MR) is 66.6 cm³/mol. The van der Waals surface area contributed by atoms with Gasteiger partial charge in [0.2, 0.25) is 5.82 Å². The van der Waals surface area contributed by atoms with Crippen LogP contribution in [0, 0.1) is 0 Å². The fourth-order valence-corrected chi connectivity index (χ4v) is 1.83. The number of nitrogens with zero attached hydrogens (tertiary/aromatic N) is 4. The smallest absolute Gasteiger partial charge is 0.274 e. The van der Waals surface area contributed by atoms with Crippen LogP contribution >= 0.6 is 0 Å². The molecule has 0 saturated heterocycles. The van der Waals surface area contributed by atoms with Crippen molar-refractivity contribution in [1.82, 2.24) is 19.7 Å². The topological polar surface area (TPSA) is 56.7 Å². The summed E-state index contributed by atoms with van der Waals surface area (Å²) in [6.45, 7) is 2.94. The van der Waals surface area contributed by atoms with Crippen LogP contribution in [0.1, 0.15) is 6.92 Å². The normalized spacial score (nSPS) is 10.7. The van der Waals surface area contributed by atoms with E-state index in [0.717, 1.165) is 17.8 Å². The third kappa shape index (κ3) is 1.79. The molecule has 0 radical (unpaired) electrons. The fraction of sp³-hybridized carbons (Fsp3) is 0.154. The number of aromatic nitrogens is 4. The van der Waals surface area contributed by atoms with Crippen LogP contribution in [0.4, 0.5) is 0 Å². The Kier molecular flexibility index (Phi) is 2.64. The van der Waals surface area contributed by atoms with Gasteiger partial charge < -0.3 is 9.09 Å². The highest BCUT2D eigenvalue weighted by Gasteiger charge is 2.12. The van der Waals surface area contributed by atoms with E-state index in [-0.39, 0.29) is 0 Å². The molecule has 3 aromatic rings. The van der Waals surface area contributed by atoms with E-state index in [0.29, 0.717) is 11.7 Å². The average Bonchev–Trinajstić information content (AvgIpc) is 3.08. The summed E-state index contributed by atoms with van der Waals surface area (Å²) in [4.78, 5) is 8.37. The molecule has 0 aromatic carbocycles. The molecule has 0 aliphatic carbocycles. The van der Waals surface area contributed by atoms with Crippen LogP contribution in [0.25, 0.3) is 23.0 Å². The quantitative estimate of drug-likeness (QED) is 0.706. The van der Waals surface area contributed by atoms with Crippen molar-refractivity contribution in [1.29, 1.82) is 0 Å². The molecule has 0 bridgehead atoms. The standard InChI is InChI=1S/C13H12N4O/c1-2-17-9-3-4-11(17)13-15-12(16-18-13)10-5-7-14-8-6-10/h3-9H,2H2,1H3. The Bertz CT molecular complexity index is 642. The molecule has 90 valence electrons. The van der Waals surface area contributed by atoms with Gasteiger partial charge in [-0.15, -0.1) is 0 Å². The summed E-state index contributed by atoms with van der Waals surface area (Å²) >= 11 is 0. The minimum absolute atomic E-state index is 0.536. The van der Waals surface area contributed by atoms with Crippen molar-refractivity contribution in [2.24, 2.45) is 0 Å². The van der Waals surface area contributed by atoms with Crippen LogP contribution < -0.4 is 0 Å². The van der Waals surface area contributed by atoms with Gasteiger partial charge in [-0.05, 0) is 31.2 Å². The number of pyridine rings is 1. The lowest BCUT2D eigenvalue weighted by Crippen LogP contribution is -1.94.